The first-order valence-corrected chi connectivity index (χ1v) is 13.0. The van der Waals surface area contributed by atoms with Crippen molar-refractivity contribution < 1.29 is 9.59 Å². The molecule has 0 saturated heterocycles. The number of amides is 2. The number of fused-ring (bicyclic) bond motifs is 1. The molecule has 1 atom stereocenters. The Hall–Kier alpha value is -3.21. The van der Waals surface area contributed by atoms with Crippen LogP contribution in [0, 0.1) is 18.8 Å². The molecule has 0 spiro atoms. The van der Waals surface area contributed by atoms with Crippen molar-refractivity contribution >= 4 is 39.9 Å². The molecule has 1 saturated carbocycles. The molecule has 11 heteroatoms. The van der Waals surface area contributed by atoms with Gasteiger partial charge in [-0.05, 0) is 50.5 Å². The summed E-state index contributed by atoms with van der Waals surface area (Å²) >= 11 is 1.55. The lowest BCUT2D eigenvalue weighted by atomic mass is 9.91. The lowest BCUT2D eigenvalue weighted by Crippen LogP contribution is -2.30. The van der Waals surface area contributed by atoms with E-state index in [0.29, 0.717) is 35.4 Å². The third-order valence-corrected chi connectivity index (χ3v) is 7.73. The average molecular weight is 497 g/mol. The highest BCUT2D eigenvalue weighted by Gasteiger charge is 2.34. The van der Waals surface area contributed by atoms with Crippen LogP contribution in [0.5, 0.6) is 0 Å². The van der Waals surface area contributed by atoms with Gasteiger partial charge >= 0.3 is 0 Å². The maximum absolute atomic E-state index is 13.3. The molecule has 3 heterocycles. The predicted molar refractivity (Wildman–Crippen MR) is 135 cm³/mol. The SMILES string of the molecule is Cc1cc(Nc2nncn2[C@@H]2CCc3sc(NC(=O)C4CC4)c(C(=O)NCC(C)C)c3C2)n(C)n1. The molecule has 3 N–H and O–H groups in total. The van der Waals surface area contributed by atoms with Crippen LogP contribution < -0.4 is 16.0 Å². The first-order valence-electron chi connectivity index (χ1n) is 12.2. The molecule has 0 bridgehead atoms. The number of nitrogens with one attached hydrogen (secondary N) is 3. The van der Waals surface area contributed by atoms with E-state index >= 15 is 0 Å². The minimum absolute atomic E-state index is 0.0230. The van der Waals surface area contributed by atoms with Gasteiger partial charge in [-0.2, -0.15) is 5.10 Å². The van der Waals surface area contributed by atoms with Crippen molar-refractivity contribution in [2.75, 3.05) is 17.2 Å². The van der Waals surface area contributed by atoms with Gasteiger partial charge < -0.3 is 16.0 Å². The average Bonchev–Trinajstić information content (AvgIpc) is 3.35. The van der Waals surface area contributed by atoms with E-state index in [1.54, 1.807) is 22.3 Å². The summed E-state index contributed by atoms with van der Waals surface area (Å²) in [4.78, 5) is 27.0. The number of rotatable bonds is 8. The van der Waals surface area contributed by atoms with Gasteiger partial charge in [0, 0.05) is 36.5 Å². The summed E-state index contributed by atoms with van der Waals surface area (Å²) in [5.41, 5.74) is 2.56. The monoisotopic (exact) mass is 496 g/mol. The second kappa shape index (κ2) is 9.44. The van der Waals surface area contributed by atoms with Crippen LogP contribution in [0.15, 0.2) is 12.4 Å². The topological polar surface area (TPSA) is 119 Å². The molecule has 186 valence electrons. The number of anilines is 3. The van der Waals surface area contributed by atoms with Gasteiger partial charge in [0.2, 0.25) is 11.9 Å². The molecule has 35 heavy (non-hydrogen) atoms. The van der Waals surface area contributed by atoms with Gasteiger partial charge in [-0.15, -0.1) is 21.5 Å². The predicted octanol–water partition coefficient (Wildman–Crippen LogP) is 3.59. The zero-order valence-corrected chi connectivity index (χ0v) is 21.4. The molecule has 0 radical (unpaired) electrons. The van der Waals surface area contributed by atoms with Crippen molar-refractivity contribution in [2.24, 2.45) is 18.9 Å². The second-order valence-electron chi connectivity index (χ2n) is 9.95. The van der Waals surface area contributed by atoms with Gasteiger partial charge in [0.05, 0.1) is 11.3 Å². The Morgan fingerprint density at radius 1 is 1.26 bits per heavy atom. The Morgan fingerprint density at radius 2 is 2.06 bits per heavy atom. The van der Waals surface area contributed by atoms with Crippen LogP contribution >= 0.6 is 11.3 Å². The van der Waals surface area contributed by atoms with Crippen LogP contribution in [-0.4, -0.2) is 42.9 Å². The van der Waals surface area contributed by atoms with E-state index in [0.717, 1.165) is 42.8 Å². The van der Waals surface area contributed by atoms with Crippen molar-refractivity contribution in [1.82, 2.24) is 29.9 Å². The van der Waals surface area contributed by atoms with Gasteiger partial charge in [-0.25, -0.2) is 0 Å². The highest BCUT2D eigenvalue weighted by Crippen LogP contribution is 2.42. The van der Waals surface area contributed by atoms with E-state index in [-0.39, 0.29) is 23.8 Å². The van der Waals surface area contributed by atoms with Gasteiger partial charge in [-0.3, -0.25) is 18.8 Å². The summed E-state index contributed by atoms with van der Waals surface area (Å²) in [6.45, 7) is 6.67. The molecule has 3 aromatic heterocycles. The van der Waals surface area contributed by atoms with Gasteiger partial charge in [0.25, 0.3) is 5.91 Å². The molecular formula is C24H32N8O2S. The fraction of sp³-hybridized carbons (Fsp3) is 0.542. The molecule has 5 rings (SSSR count). The minimum Gasteiger partial charge on any atom is -0.352 e. The Kier molecular flexibility index (Phi) is 6.35. The molecule has 0 aliphatic heterocycles. The normalized spacial score (nSPS) is 17.3. The van der Waals surface area contributed by atoms with Crippen molar-refractivity contribution in [3.63, 3.8) is 0 Å². The lowest BCUT2D eigenvalue weighted by Gasteiger charge is -2.25. The first kappa shape index (κ1) is 23.5. The summed E-state index contributed by atoms with van der Waals surface area (Å²) in [6.07, 6.45) is 5.99. The second-order valence-corrected chi connectivity index (χ2v) is 11.1. The van der Waals surface area contributed by atoms with E-state index in [2.05, 4.69) is 45.1 Å². The molecule has 0 aromatic carbocycles. The summed E-state index contributed by atoms with van der Waals surface area (Å²) in [5, 5.41) is 23.0. The van der Waals surface area contributed by atoms with Crippen molar-refractivity contribution in [3.05, 3.63) is 34.1 Å². The van der Waals surface area contributed by atoms with Gasteiger partial charge in [0.1, 0.15) is 17.1 Å². The highest BCUT2D eigenvalue weighted by atomic mass is 32.1. The molecular weight excluding hydrogens is 464 g/mol. The number of aromatic nitrogens is 5. The van der Waals surface area contributed by atoms with E-state index in [1.807, 2.05) is 24.6 Å². The quantitative estimate of drug-likeness (QED) is 0.439. The molecule has 1 fully saturated rings. The Labute approximate surface area is 208 Å². The number of carbonyl (C=O) groups is 2. The van der Waals surface area contributed by atoms with E-state index in [4.69, 9.17) is 0 Å². The largest absolute Gasteiger partial charge is 0.352 e. The summed E-state index contributed by atoms with van der Waals surface area (Å²) in [7, 11) is 1.88. The highest BCUT2D eigenvalue weighted by molar-refractivity contribution is 7.17. The maximum Gasteiger partial charge on any atom is 0.254 e. The molecule has 2 aliphatic carbocycles. The van der Waals surface area contributed by atoms with Crippen molar-refractivity contribution in [1.29, 1.82) is 0 Å². The molecule has 2 amide bonds. The summed E-state index contributed by atoms with van der Waals surface area (Å²) < 4.78 is 3.82. The number of carbonyl (C=O) groups excluding carboxylic acids is 2. The molecule has 2 aliphatic rings. The maximum atomic E-state index is 13.3. The smallest absolute Gasteiger partial charge is 0.254 e. The van der Waals surface area contributed by atoms with Crippen LogP contribution in [0.25, 0.3) is 0 Å². The number of thiophene rings is 1. The van der Waals surface area contributed by atoms with Gasteiger partial charge in [-0.1, -0.05) is 13.8 Å². The van der Waals surface area contributed by atoms with E-state index in [1.165, 1.54) is 4.88 Å². The minimum atomic E-state index is -0.115. The first-order chi connectivity index (χ1) is 16.8. The number of aryl methyl sites for hydroxylation is 3. The molecule has 3 aromatic rings. The van der Waals surface area contributed by atoms with Crippen LogP contribution in [0.3, 0.4) is 0 Å². The van der Waals surface area contributed by atoms with Crippen LogP contribution in [0.2, 0.25) is 0 Å². The Morgan fingerprint density at radius 3 is 2.74 bits per heavy atom. The van der Waals surface area contributed by atoms with Crippen LogP contribution in [0.4, 0.5) is 16.8 Å². The fourth-order valence-corrected chi connectivity index (χ4v) is 5.76. The third kappa shape index (κ3) is 4.95. The number of hydrogen-bond donors (Lipinski definition) is 3. The zero-order valence-electron chi connectivity index (χ0n) is 20.6. The standard InChI is InChI=1S/C24H32N8O2S/c1-13(2)11-25-22(34)20-17-10-16(7-8-18(17)35-23(20)28-21(33)15-5-6-15)32-12-26-29-24(32)27-19-9-14(3)30-31(19)4/h9,12-13,15-16H,5-8,10-11H2,1-4H3,(H,25,34)(H,27,29)(H,28,33)/t16-/m1/s1. The van der Waals surface area contributed by atoms with Gasteiger partial charge in [0.15, 0.2) is 0 Å². The number of nitrogens with zero attached hydrogens (tertiary/aromatic N) is 5. The third-order valence-electron chi connectivity index (χ3n) is 6.53. The zero-order chi connectivity index (χ0) is 24.7. The summed E-state index contributed by atoms with van der Waals surface area (Å²) in [6, 6.07) is 2.05. The molecule has 0 unspecified atom stereocenters. The Balaban J connectivity index is 1.42. The fourth-order valence-electron chi connectivity index (χ4n) is 4.52. The van der Waals surface area contributed by atoms with Crippen molar-refractivity contribution in [2.45, 2.75) is 58.9 Å². The number of hydrogen-bond acceptors (Lipinski definition) is 7. The molecule has 10 nitrogen and oxygen atoms in total. The van der Waals surface area contributed by atoms with E-state index < -0.39 is 0 Å². The van der Waals surface area contributed by atoms with Crippen LogP contribution in [0.1, 0.15) is 65.6 Å². The van der Waals surface area contributed by atoms with E-state index in [9.17, 15) is 9.59 Å². The van der Waals surface area contributed by atoms with Crippen molar-refractivity contribution in [3.8, 4) is 0 Å². The lowest BCUT2D eigenvalue weighted by molar-refractivity contribution is -0.117. The Bertz CT molecular complexity index is 1250. The van der Waals surface area contributed by atoms with Crippen LogP contribution in [-0.2, 0) is 24.7 Å². The summed E-state index contributed by atoms with van der Waals surface area (Å²) in [5.74, 6) is 1.80.